The molecule has 0 atom stereocenters. The average molecular weight is 301 g/mol. The quantitative estimate of drug-likeness (QED) is 0.669. The smallest absolute Gasteiger partial charge is 0.190 e. The second-order valence-corrected chi connectivity index (χ2v) is 5.24. The summed E-state index contributed by atoms with van der Waals surface area (Å²) in [6, 6.07) is 2.85. The van der Waals surface area contributed by atoms with Crippen LogP contribution in [0.5, 0.6) is 5.75 Å². The van der Waals surface area contributed by atoms with Crippen LogP contribution in [-0.4, -0.2) is 25.9 Å². The van der Waals surface area contributed by atoms with Crippen molar-refractivity contribution < 1.29 is 18.3 Å². The molecule has 0 spiro atoms. The van der Waals surface area contributed by atoms with E-state index in [1.807, 2.05) is 13.8 Å². The number of halogens is 2. The second-order valence-electron chi connectivity index (χ2n) is 5.24. The normalized spacial score (nSPS) is 11.1. The Morgan fingerprint density at radius 1 is 1.10 bits per heavy atom. The van der Waals surface area contributed by atoms with Crippen molar-refractivity contribution in [3.63, 3.8) is 0 Å². The van der Waals surface area contributed by atoms with Crippen LogP contribution in [0.15, 0.2) is 12.1 Å². The van der Waals surface area contributed by atoms with Gasteiger partial charge in [-0.2, -0.15) is 0 Å². The van der Waals surface area contributed by atoms with Gasteiger partial charge in [0.25, 0.3) is 0 Å². The molecule has 0 bridgehead atoms. The molecule has 0 radical (unpaired) electrons. The summed E-state index contributed by atoms with van der Waals surface area (Å²) < 4.78 is 38.1. The number of benzene rings is 1. The zero-order valence-electron chi connectivity index (χ0n) is 13.0. The Kier molecular flexibility index (Phi) is 8.23. The third-order valence-corrected chi connectivity index (χ3v) is 2.89. The van der Waals surface area contributed by atoms with E-state index >= 15 is 0 Å². The maximum absolute atomic E-state index is 13.8. The molecule has 0 aliphatic heterocycles. The molecule has 3 nitrogen and oxygen atoms in total. The van der Waals surface area contributed by atoms with Gasteiger partial charge in [-0.1, -0.05) is 27.2 Å². The number of hydrogen-bond donors (Lipinski definition) is 1. The fourth-order valence-corrected chi connectivity index (χ4v) is 1.73. The molecule has 0 saturated heterocycles. The molecule has 1 aromatic carbocycles. The molecule has 0 heterocycles. The fourth-order valence-electron chi connectivity index (χ4n) is 1.73. The average Bonchev–Trinajstić information content (AvgIpc) is 2.42. The molecule has 0 aliphatic rings. The molecular weight excluding hydrogens is 276 g/mol. The number of nitrogens with one attached hydrogen (secondary N) is 1. The molecular formula is C16H25F2NO2. The summed E-state index contributed by atoms with van der Waals surface area (Å²) in [5, 5.41) is 3.11. The maximum atomic E-state index is 13.8. The first kappa shape index (κ1) is 17.9. The van der Waals surface area contributed by atoms with Crippen LogP contribution in [0.2, 0.25) is 0 Å². The van der Waals surface area contributed by atoms with Gasteiger partial charge in [0.2, 0.25) is 0 Å². The molecule has 0 unspecified atom stereocenters. The molecule has 0 aliphatic carbocycles. The third kappa shape index (κ3) is 6.87. The summed E-state index contributed by atoms with van der Waals surface area (Å²) in [7, 11) is 0. The summed E-state index contributed by atoms with van der Waals surface area (Å²) >= 11 is 0. The minimum Gasteiger partial charge on any atom is -0.485 e. The molecule has 1 aromatic rings. The Bertz CT molecular complexity index is 402. The lowest BCUT2D eigenvalue weighted by Gasteiger charge is -2.12. The van der Waals surface area contributed by atoms with Crippen LogP contribution in [0, 0.1) is 11.6 Å². The van der Waals surface area contributed by atoms with Crippen LogP contribution < -0.4 is 10.1 Å². The summed E-state index contributed by atoms with van der Waals surface area (Å²) in [6.07, 6.45) is 2.02. The molecule has 0 fully saturated rings. The summed E-state index contributed by atoms with van der Waals surface area (Å²) in [5.74, 6) is -1.68. The highest BCUT2D eigenvalue weighted by molar-refractivity contribution is 5.31. The first-order valence-corrected chi connectivity index (χ1v) is 7.46. The van der Waals surface area contributed by atoms with Crippen molar-refractivity contribution in [2.24, 2.45) is 0 Å². The van der Waals surface area contributed by atoms with E-state index < -0.39 is 11.6 Å². The van der Waals surface area contributed by atoms with Gasteiger partial charge in [0, 0.05) is 19.2 Å². The van der Waals surface area contributed by atoms with Gasteiger partial charge in [-0.3, -0.25) is 0 Å². The van der Waals surface area contributed by atoms with Crippen LogP contribution in [0.3, 0.4) is 0 Å². The van der Waals surface area contributed by atoms with Gasteiger partial charge >= 0.3 is 0 Å². The highest BCUT2D eigenvalue weighted by atomic mass is 19.1. The minimum absolute atomic E-state index is 0.140. The monoisotopic (exact) mass is 301 g/mol. The Morgan fingerprint density at radius 3 is 2.33 bits per heavy atom. The van der Waals surface area contributed by atoms with Crippen molar-refractivity contribution in [2.45, 2.75) is 46.2 Å². The number of rotatable bonds is 10. The Balaban J connectivity index is 2.47. The van der Waals surface area contributed by atoms with Gasteiger partial charge in [0.15, 0.2) is 17.4 Å². The standard InChI is InChI=1S/C16H25F2NO2/c1-4-5-6-20-7-8-21-16-14(17)9-13(10-15(16)18)11-19-12(2)3/h9-10,12,19H,4-8,11H2,1-3H3. The van der Waals surface area contributed by atoms with E-state index in [9.17, 15) is 8.78 Å². The molecule has 21 heavy (non-hydrogen) atoms. The SMILES string of the molecule is CCCCOCCOc1c(F)cc(CNC(C)C)cc1F. The van der Waals surface area contributed by atoms with Crippen molar-refractivity contribution in [1.82, 2.24) is 5.32 Å². The van der Waals surface area contributed by atoms with Gasteiger partial charge < -0.3 is 14.8 Å². The van der Waals surface area contributed by atoms with E-state index in [0.29, 0.717) is 25.3 Å². The molecule has 1 rings (SSSR count). The Morgan fingerprint density at radius 2 is 1.76 bits per heavy atom. The van der Waals surface area contributed by atoms with E-state index in [1.165, 1.54) is 12.1 Å². The molecule has 1 N–H and O–H groups in total. The lowest BCUT2D eigenvalue weighted by atomic mass is 10.2. The van der Waals surface area contributed by atoms with Gasteiger partial charge in [-0.15, -0.1) is 0 Å². The predicted molar refractivity (Wildman–Crippen MR) is 79.6 cm³/mol. The van der Waals surface area contributed by atoms with E-state index in [4.69, 9.17) is 9.47 Å². The minimum atomic E-state index is -0.677. The van der Waals surface area contributed by atoms with Crippen molar-refractivity contribution >= 4 is 0 Å². The zero-order chi connectivity index (χ0) is 15.7. The predicted octanol–water partition coefficient (Wildman–Crippen LogP) is 3.66. The number of hydrogen-bond acceptors (Lipinski definition) is 3. The fraction of sp³-hybridized carbons (Fsp3) is 0.625. The van der Waals surface area contributed by atoms with E-state index in [0.717, 1.165) is 12.8 Å². The van der Waals surface area contributed by atoms with Crippen LogP contribution in [0.1, 0.15) is 39.2 Å². The van der Waals surface area contributed by atoms with E-state index in [-0.39, 0.29) is 18.4 Å². The van der Waals surface area contributed by atoms with Crippen molar-refractivity contribution in [3.8, 4) is 5.75 Å². The molecule has 0 amide bonds. The molecule has 0 aromatic heterocycles. The van der Waals surface area contributed by atoms with Crippen LogP contribution in [0.25, 0.3) is 0 Å². The molecule has 0 saturated carbocycles. The summed E-state index contributed by atoms with van der Waals surface area (Å²) in [5.41, 5.74) is 0.560. The Labute approximate surface area is 125 Å². The van der Waals surface area contributed by atoms with Crippen LogP contribution in [0.4, 0.5) is 8.78 Å². The number of ether oxygens (including phenoxy) is 2. The van der Waals surface area contributed by atoms with Crippen LogP contribution >= 0.6 is 0 Å². The highest BCUT2D eigenvalue weighted by Gasteiger charge is 2.12. The summed E-state index contributed by atoms with van der Waals surface area (Å²) in [6.45, 7) is 7.55. The van der Waals surface area contributed by atoms with Gasteiger partial charge in [0.05, 0.1) is 6.61 Å². The zero-order valence-corrected chi connectivity index (χ0v) is 13.0. The first-order chi connectivity index (χ1) is 10.0. The van der Waals surface area contributed by atoms with E-state index in [1.54, 1.807) is 0 Å². The lowest BCUT2D eigenvalue weighted by Crippen LogP contribution is -2.22. The highest BCUT2D eigenvalue weighted by Crippen LogP contribution is 2.23. The second kappa shape index (κ2) is 9.68. The maximum Gasteiger partial charge on any atom is 0.190 e. The van der Waals surface area contributed by atoms with Crippen molar-refractivity contribution in [3.05, 3.63) is 29.3 Å². The largest absolute Gasteiger partial charge is 0.485 e. The van der Waals surface area contributed by atoms with E-state index in [2.05, 4.69) is 12.2 Å². The lowest BCUT2D eigenvalue weighted by molar-refractivity contribution is 0.0951. The van der Waals surface area contributed by atoms with Crippen LogP contribution in [-0.2, 0) is 11.3 Å². The number of unbranched alkanes of at least 4 members (excludes halogenated alkanes) is 1. The summed E-state index contributed by atoms with van der Waals surface area (Å²) in [4.78, 5) is 0. The molecule has 120 valence electrons. The third-order valence-electron chi connectivity index (χ3n) is 2.89. The molecule has 5 heteroatoms. The van der Waals surface area contributed by atoms with Crippen molar-refractivity contribution in [1.29, 1.82) is 0 Å². The van der Waals surface area contributed by atoms with Gasteiger partial charge in [-0.25, -0.2) is 8.78 Å². The first-order valence-electron chi connectivity index (χ1n) is 7.46. The van der Waals surface area contributed by atoms with Gasteiger partial charge in [-0.05, 0) is 24.1 Å². The van der Waals surface area contributed by atoms with Crippen molar-refractivity contribution in [2.75, 3.05) is 19.8 Å². The van der Waals surface area contributed by atoms with Gasteiger partial charge in [0.1, 0.15) is 6.61 Å². The Hall–Kier alpha value is -1.20. The topological polar surface area (TPSA) is 30.5 Å².